The van der Waals surface area contributed by atoms with E-state index in [0.717, 1.165) is 12.8 Å². The Bertz CT molecular complexity index is 711. The number of rotatable bonds is 6. The maximum absolute atomic E-state index is 12.0. The van der Waals surface area contributed by atoms with Crippen molar-refractivity contribution >= 4 is 41.0 Å². The average molecular weight is 415 g/mol. The molecule has 6 nitrogen and oxygen atoms in total. The first kappa shape index (κ1) is 21.5. The van der Waals surface area contributed by atoms with E-state index in [-0.39, 0.29) is 35.7 Å². The molecule has 0 aliphatic heterocycles. The van der Waals surface area contributed by atoms with E-state index in [1.54, 1.807) is 0 Å². The Kier molecular flexibility index (Phi) is 7.92. The van der Waals surface area contributed by atoms with E-state index in [4.69, 9.17) is 27.9 Å². The molecular formula is C19H24Cl2N2O4. The van der Waals surface area contributed by atoms with E-state index in [1.807, 2.05) is 0 Å². The molecule has 0 radical (unpaired) electrons. The lowest BCUT2D eigenvalue weighted by atomic mass is 9.78. The molecule has 0 bridgehead atoms. The number of hydrogen-bond donors (Lipinski definition) is 2. The van der Waals surface area contributed by atoms with E-state index in [2.05, 4.69) is 24.5 Å². The van der Waals surface area contributed by atoms with Crippen LogP contribution in [0.2, 0.25) is 10.0 Å². The van der Waals surface area contributed by atoms with Crippen LogP contribution in [0.25, 0.3) is 0 Å². The summed E-state index contributed by atoms with van der Waals surface area (Å²) in [6.45, 7) is 3.58. The van der Waals surface area contributed by atoms with Crippen LogP contribution in [0.1, 0.15) is 43.5 Å². The van der Waals surface area contributed by atoms with Gasteiger partial charge in [0.1, 0.15) is 6.54 Å². The van der Waals surface area contributed by atoms with E-state index < -0.39 is 11.9 Å². The summed E-state index contributed by atoms with van der Waals surface area (Å²) in [6, 6.07) is 4.53. The van der Waals surface area contributed by atoms with Gasteiger partial charge in [0.25, 0.3) is 11.8 Å². The Morgan fingerprint density at radius 3 is 2.63 bits per heavy atom. The molecule has 1 aromatic carbocycles. The van der Waals surface area contributed by atoms with Crippen LogP contribution in [0.15, 0.2) is 18.2 Å². The molecule has 1 aliphatic rings. The largest absolute Gasteiger partial charge is 0.454 e. The third kappa shape index (κ3) is 6.40. The highest BCUT2D eigenvalue weighted by Gasteiger charge is 2.28. The van der Waals surface area contributed by atoms with E-state index in [0.29, 0.717) is 16.9 Å². The molecule has 0 aromatic heterocycles. The minimum atomic E-state index is -0.700. The number of benzene rings is 1. The highest BCUT2D eigenvalue weighted by molar-refractivity contribution is 6.36. The summed E-state index contributed by atoms with van der Waals surface area (Å²) in [4.78, 5) is 35.8. The number of esters is 1. The summed E-state index contributed by atoms with van der Waals surface area (Å²) in [5, 5.41) is 5.92. The first-order valence-corrected chi connectivity index (χ1v) is 9.71. The first-order valence-electron chi connectivity index (χ1n) is 8.96. The van der Waals surface area contributed by atoms with Gasteiger partial charge in [-0.2, -0.15) is 0 Å². The summed E-state index contributed by atoms with van der Waals surface area (Å²) in [7, 11) is 0. The number of ether oxygens (including phenoxy) is 1. The van der Waals surface area contributed by atoms with E-state index >= 15 is 0 Å². The molecule has 0 unspecified atom stereocenters. The fraction of sp³-hybridized carbons (Fsp3) is 0.526. The zero-order valence-corrected chi connectivity index (χ0v) is 16.9. The van der Waals surface area contributed by atoms with Crippen LogP contribution < -0.4 is 10.6 Å². The van der Waals surface area contributed by atoms with Gasteiger partial charge in [-0.25, -0.2) is 0 Å². The summed E-state index contributed by atoms with van der Waals surface area (Å²) in [6.07, 6.45) is 3.18. The van der Waals surface area contributed by atoms with Gasteiger partial charge in [0.05, 0.1) is 10.6 Å². The Balaban J connectivity index is 1.72. The van der Waals surface area contributed by atoms with Gasteiger partial charge in [0.15, 0.2) is 6.61 Å². The lowest BCUT2D eigenvalue weighted by Crippen LogP contribution is -2.45. The zero-order valence-electron chi connectivity index (χ0n) is 15.4. The van der Waals surface area contributed by atoms with E-state index in [1.165, 1.54) is 24.6 Å². The summed E-state index contributed by atoms with van der Waals surface area (Å²) < 4.78 is 4.92. The van der Waals surface area contributed by atoms with Crippen LogP contribution in [0.3, 0.4) is 0 Å². The average Bonchev–Trinajstić information content (AvgIpc) is 2.62. The molecule has 1 aromatic rings. The number of nitrogens with one attached hydrogen (secondary N) is 2. The zero-order chi connectivity index (χ0) is 20.0. The summed E-state index contributed by atoms with van der Waals surface area (Å²) in [5.41, 5.74) is 0.201. The molecule has 0 saturated heterocycles. The van der Waals surface area contributed by atoms with Crippen molar-refractivity contribution in [3.05, 3.63) is 33.8 Å². The highest BCUT2D eigenvalue weighted by atomic mass is 35.5. The molecule has 148 valence electrons. The van der Waals surface area contributed by atoms with Crippen molar-refractivity contribution in [2.24, 2.45) is 11.8 Å². The molecule has 2 N–H and O–H groups in total. The third-order valence-electron chi connectivity index (χ3n) is 4.99. The van der Waals surface area contributed by atoms with Crippen molar-refractivity contribution in [3.63, 3.8) is 0 Å². The van der Waals surface area contributed by atoms with Gasteiger partial charge >= 0.3 is 5.97 Å². The SMILES string of the molecule is C[C@@H]1[C@H](C)CCC[C@@H]1NC(=O)COC(=O)CNC(=O)c1ccc(Cl)cc1Cl. The van der Waals surface area contributed by atoms with Crippen LogP contribution >= 0.6 is 23.2 Å². The molecule has 3 atom stereocenters. The van der Waals surface area contributed by atoms with Crippen molar-refractivity contribution in [1.29, 1.82) is 0 Å². The second-order valence-electron chi connectivity index (χ2n) is 6.91. The van der Waals surface area contributed by atoms with Crippen molar-refractivity contribution < 1.29 is 19.1 Å². The third-order valence-corrected chi connectivity index (χ3v) is 5.53. The fourth-order valence-corrected chi connectivity index (χ4v) is 3.65. The number of carbonyl (C=O) groups is 3. The Morgan fingerprint density at radius 2 is 1.93 bits per heavy atom. The second-order valence-corrected chi connectivity index (χ2v) is 7.75. The number of amides is 2. The molecule has 8 heteroatoms. The van der Waals surface area contributed by atoms with Crippen molar-refractivity contribution in [2.75, 3.05) is 13.2 Å². The van der Waals surface area contributed by atoms with Crippen molar-refractivity contribution in [3.8, 4) is 0 Å². The second kappa shape index (κ2) is 9.95. The molecular weight excluding hydrogens is 391 g/mol. The monoisotopic (exact) mass is 414 g/mol. The Labute approximate surface area is 168 Å². The highest BCUT2D eigenvalue weighted by Crippen LogP contribution is 2.29. The van der Waals surface area contributed by atoms with Crippen molar-refractivity contribution in [2.45, 2.75) is 39.2 Å². The normalized spacial score (nSPS) is 22.0. The molecule has 1 fully saturated rings. The van der Waals surface area contributed by atoms with Crippen LogP contribution in [0, 0.1) is 11.8 Å². The van der Waals surface area contributed by atoms with Crippen molar-refractivity contribution in [1.82, 2.24) is 10.6 Å². The molecule has 1 aliphatic carbocycles. The Morgan fingerprint density at radius 1 is 1.19 bits per heavy atom. The fourth-order valence-electron chi connectivity index (χ4n) is 3.15. The van der Waals surface area contributed by atoms with E-state index in [9.17, 15) is 14.4 Å². The standard InChI is InChI=1S/C19H24Cl2N2O4/c1-11-4-3-5-16(12(11)2)23-17(24)10-27-18(25)9-22-19(26)14-7-6-13(20)8-15(14)21/h6-8,11-12,16H,3-5,9-10H2,1-2H3,(H,22,26)(H,23,24)/t11-,12-,16+/m1/s1. The van der Waals surface area contributed by atoms with Gasteiger partial charge in [-0.05, 0) is 36.5 Å². The van der Waals surface area contributed by atoms with Gasteiger partial charge in [0.2, 0.25) is 0 Å². The smallest absolute Gasteiger partial charge is 0.325 e. The van der Waals surface area contributed by atoms with Crippen LogP contribution in [-0.2, 0) is 14.3 Å². The maximum Gasteiger partial charge on any atom is 0.325 e. The molecule has 0 heterocycles. The van der Waals surface area contributed by atoms with Crippen LogP contribution in [0.4, 0.5) is 0 Å². The minimum absolute atomic E-state index is 0.103. The quantitative estimate of drug-likeness (QED) is 0.699. The summed E-state index contributed by atoms with van der Waals surface area (Å²) in [5.74, 6) is -0.610. The first-order chi connectivity index (χ1) is 12.8. The number of halogens is 2. The van der Waals surface area contributed by atoms with Crippen LogP contribution in [-0.4, -0.2) is 37.0 Å². The lowest BCUT2D eigenvalue weighted by Gasteiger charge is -2.34. The van der Waals surface area contributed by atoms with Gasteiger partial charge < -0.3 is 15.4 Å². The predicted octanol–water partition coefficient (Wildman–Crippen LogP) is 3.21. The number of hydrogen-bond acceptors (Lipinski definition) is 4. The molecule has 2 rings (SSSR count). The molecule has 2 amide bonds. The van der Waals surface area contributed by atoms with Gasteiger partial charge in [-0.15, -0.1) is 0 Å². The predicted molar refractivity (Wildman–Crippen MR) is 104 cm³/mol. The van der Waals surface area contributed by atoms with Crippen LogP contribution in [0.5, 0.6) is 0 Å². The van der Waals surface area contributed by atoms with Gasteiger partial charge in [-0.1, -0.05) is 49.9 Å². The Hall–Kier alpha value is -1.79. The molecule has 27 heavy (non-hydrogen) atoms. The molecule has 0 spiro atoms. The lowest BCUT2D eigenvalue weighted by molar-refractivity contribution is -0.147. The number of carbonyl (C=O) groups excluding carboxylic acids is 3. The maximum atomic E-state index is 12.0. The van der Waals surface area contributed by atoms with Gasteiger partial charge in [0, 0.05) is 11.1 Å². The summed E-state index contributed by atoms with van der Waals surface area (Å²) >= 11 is 11.7. The van der Waals surface area contributed by atoms with Gasteiger partial charge in [-0.3, -0.25) is 14.4 Å². The minimum Gasteiger partial charge on any atom is -0.454 e. The topological polar surface area (TPSA) is 84.5 Å². The molecule has 1 saturated carbocycles.